The molecule has 178 valence electrons. The minimum atomic E-state index is -4.23. The van der Waals surface area contributed by atoms with Crippen LogP contribution < -0.4 is 15.0 Å². The maximum Gasteiger partial charge on any atom is 0.270 e. The van der Waals surface area contributed by atoms with Gasteiger partial charge >= 0.3 is 0 Å². The zero-order chi connectivity index (χ0) is 25.0. The number of hydrogen-bond acceptors (Lipinski definition) is 9. The molecule has 1 amide bonds. The summed E-state index contributed by atoms with van der Waals surface area (Å²) in [6.07, 6.45) is 0. The standard InChI is InChI=1S/C22H17N5O7S/c1-33-19-8-3-2-7-18(19)22-25-24-21(34-22)15-11-9-14(10-12-15)20(28)23-26-35(31,32)17-6-4-5-16(13-17)27(29)30/h2-13,26H,1H3,(H,23,28). The van der Waals surface area contributed by atoms with E-state index in [0.29, 0.717) is 16.9 Å². The fourth-order valence-corrected chi connectivity index (χ4v) is 3.92. The first-order valence-electron chi connectivity index (χ1n) is 9.92. The molecule has 4 rings (SSSR count). The molecule has 0 aliphatic rings. The summed E-state index contributed by atoms with van der Waals surface area (Å²) >= 11 is 0. The van der Waals surface area contributed by atoms with Gasteiger partial charge in [-0.3, -0.25) is 20.3 Å². The number of rotatable bonds is 8. The van der Waals surface area contributed by atoms with Gasteiger partial charge < -0.3 is 9.15 Å². The number of non-ortho nitro benzene ring substituents is 1. The molecule has 12 nitrogen and oxygen atoms in total. The van der Waals surface area contributed by atoms with E-state index in [1.165, 1.54) is 31.4 Å². The third-order valence-electron chi connectivity index (χ3n) is 4.79. The lowest BCUT2D eigenvalue weighted by Crippen LogP contribution is -2.41. The molecule has 3 aromatic carbocycles. The molecule has 0 aliphatic heterocycles. The number of ether oxygens (including phenoxy) is 1. The Morgan fingerprint density at radius 1 is 1.00 bits per heavy atom. The predicted molar refractivity (Wildman–Crippen MR) is 123 cm³/mol. The molecular formula is C22H17N5O7S. The number of nitrogens with zero attached hydrogens (tertiary/aromatic N) is 3. The highest BCUT2D eigenvalue weighted by atomic mass is 32.2. The van der Waals surface area contributed by atoms with Crippen molar-refractivity contribution in [3.05, 3.63) is 88.5 Å². The molecule has 0 unspecified atom stereocenters. The normalized spacial score (nSPS) is 11.1. The number of carbonyl (C=O) groups excluding carboxylic acids is 1. The van der Waals surface area contributed by atoms with Crippen LogP contribution in [0.25, 0.3) is 22.9 Å². The van der Waals surface area contributed by atoms with Crippen molar-refractivity contribution in [1.82, 2.24) is 20.5 Å². The van der Waals surface area contributed by atoms with E-state index in [-0.39, 0.29) is 22.2 Å². The van der Waals surface area contributed by atoms with Crippen molar-refractivity contribution in [1.29, 1.82) is 0 Å². The number of nitrogens with one attached hydrogen (secondary N) is 2. The van der Waals surface area contributed by atoms with Gasteiger partial charge in [-0.1, -0.05) is 18.2 Å². The number of sulfonamides is 1. The highest BCUT2D eigenvalue weighted by Gasteiger charge is 2.19. The highest BCUT2D eigenvalue weighted by molar-refractivity contribution is 7.89. The second-order valence-electron chi connectivity index (χ2n) is 7.00. The van der Waals surface area contributed by atoms with Gasteiger partial charge in [0.05, 0.1) is 22.5 Å². The molecule has 0 fully saturated rings. The van der Waals surface area contributed by atoms with Crippen LogP contribution in [0.1, 0.15) is 10.4 Å². The first-order chi connectivity index (χ1) is 16.8. The summed E-state index contributed by atoms with van der Waals surface area (Å²) < 4.78 is 35.7. The van der Waals surface area contributed by atoms with E-state index in [4.69, 9.17) is 9.15 Å². The molecule has 0 aliphatic carbocycles. The minimum Gasteiger partial charge on any atom is -0.496 e. The fourth-order valence-electron chi connectivity index (χ4n) is 3.04. The second-order valence-corrected chi connectivity index (χ2v) is 8.69. The number of benzene rings is 3. The van der Waals surface area contributed by atoms with Crippen molar-refractivity contribution < 1.29 is 27.3 Å². The van der Waals surface area contributed by atoms with Gasteiger partial charge in [0, 0.05) is 23.3 Å². The van der Waals surface area contributed by atoms with E-state index in [2.05, 4.69) is 15.6 Å². The largest absolute Gasteiger partial charge is 0.496 e. The zero-order valence-electron chi connectivity index (χ0n) is 18.0. The van der Waals surface area contributed by atoms with Crippen LogP contribution in [-0.2, 0) is 10.0 Å². The van der Waals surface area contributed by atoms with Crippen LogP contribution in [0, 0.1) is 10.1 Å². The quantitative estimate of drug-likeness (QED) is 0.276. The van der Waals surface area contributed by atoms with Crippen LogP contribution in [0.3, 0.4) is 0 Å². The summed E-state index contributed by atoms with van der Waals surface area (Å²) in [7, 11) is -2.70. The molecule has 0 saturated heterocycles. The molecule has 2 N–H and O–H groups in total. The number of para-hydroxylation sites is 1. The van der Waals surface area contributed by atoms with Gasteiger partial charge in [0.15, 0.2) is 0 Å². The number of carbonyl (C=O) groups is 1. The molecule has 35 heavy (non-hydrogen) atoms. The van der Waals surface area contributed by atoms with Crippen LogP contribution in [0.5, 0.6) is 5.75 Å². The molecule has 0 saturated carbocycles. The molecule has 0 bridgehead atoms. The first kappa shape index (κ1) is 23.5. The van der Waals surface area contributed by atoms with E-state index in [0.717, 1.165) is 12.1 Å². The summed E-state index contributed by atoms with van der Waals surface area (Å²) in [5.41, 5.74) is 2.97. The Morgan fingerprint density at radius 2 is 1.71 bits per heavy atom. The average molecular weight is 495 g/mol. The molecule has 1 aromatic heterocycles. The Kier molecular flexibility index (Phi) is 6.53. The highest BCUT2D eigenvalue weighted by Crippen LogP contribution is 2.30. The van der Waals surface area contributed by atoms with Crippen LogP contribution in [0.4, 0.5) is 5.69 Å². The van der Waals surface area contributed by atoms with E-state index in [1.54, 1.807) is 24.3 Å². The topological polar surface area (TPSA) is 167 Å². The summed E-state index contributed by atoms with van der Waals surface area (Å²) in [6, 6.07) is 17.6. The van der Waals surface area contributed by atoms with Crippen molar-refractivity contribution in [2.75, 3.05) is 7.11 Å². The van der Waals surface area contributed by atoms with E-state index in [9.17, 15) is 23.3 Å². The van der Waals surface area contributed by atoms with Crippen LogP contribution in [-0.4, -0.2) is 36.6 Å². The van der Waals surface area contributed by atoms with Gasteiger partial charge in [0.1, 0.15) is 5.75 Å². The number of nitro groups is 1. The van der Waals surface area contributed by atoms with Gasteiger partial charge in [0.25, 0.3) is 27.5 Å². The van der Waals surface area contributed by atoms with E-state index < -0.39 is 26.5 Å². The maximum atomic E-state index is 12.4. The summed E-state index contributed by atoms with van der Waals surface area (Å²) in [4.78, 5) is 24.1. The third kappa shape index (κ3) is 5.15. The monoisotopic (exact) mass is 495 g/mol. The molecule has 1 heterocycles. The zero-order valence-corrected chi connectivity index (χ0v) is 18.9. The second kappa shape index (κ2) is 9.70. The van der Waals surface area contributed by atoms with Gasteiger partial charge in [0.2, 0.25) is 5.89 Å². The first-order valence-corrected chi connectivity index (χ1v) is 11.4. The Morgan fingerprint density at radius 3 is 2.43 bits per heavy atom. The van der Waals surface area contributed by atoms with Gasteiger partial charge in [-0.2, -0.15) is 0 Å². The summed E-state index contributed by atoms with van der Waals surface area (Å²) in [5, 5.41) is 18.9. The molecule has 4 aromatic rings. The smallest absolute Gasteiger partial charge is 0.270 e. The van der Waals surface area contributed by atoms with Crippen molar-refractivity contribution in [3.63, 3.8) is 0 Å². The number of aromatic nitrogens is 2. The van der Waals surface area contributed by atoms with E-state index >= 15 is 0 Å². The Hall–Kier alpha value is -4.62. The number of hydrogen-bond donors (Lipinski definition) is 2. The maximum absolute atomic E-state index is 12.4. The third-order valence-corrected chi connectivity index (χ3v) is 6.04. The van der Waals surface area contributed by atoms with Crippen molar-refractivity contribution in [2.24, 2.45) is 0 Å². The lowest BCUT2D eigenvalue weighted by molar-refractivity contribution is -0.385. The molecule has 0 radical (unpaired) electrons. The predicted octanol–water partition coefficient (Wildman–Crippen LogP) is 2.94. The lowest BCUT2D eigenvalue weighted by atomic mass is 10.1. The fraction of sp³-hybridized carbons (Fsp3) is 0.0455. The van der Waals surface area contributed by atoms with Crippen LogP contribution in [0.15, 0.2) is 82.1 Å². The number of hydrazine groups is 1. The molecule has 0 atom stereocenters. The minimum absolute atomic E-state index is 0.139. The summed E-state index contributed by atoms with van der Waals surface area (Å²) in [6.45, 7) is 0. The SMILES string of the molecule is COc1ccccc1-c1nnc(-c2ccc(C(=O)NNS(=O)(=O)c3cccc([N+](=O)[O-])c3)cc2)o1. The van der Waals surface area contributed by atoms with Crippen molar-refractivity contribution in [3.8, 4) is 28.7 Å². The molecule has 13 heteroatoms. The lowest BCUT2D eigenvalue weighted by Gasteiger charge is -2.08. The average Bonchev–Trinajstić information content (AvgIpc) is 3.37. The van der Waals surface area contributed by atoms with Crippen LogP contribution in [0.2, 0.25) is 0 Å². The van der Waals surface area contributed by atoms with Gasteiger partial charge in [-0.15, -0.1) is 15.0 Å². The number of nitro benzene ring substituents is 1. The van der Waals surface area contributed by atoms with Crippen LogP contribution >= 0.6 is 0 Å². The molecule has 0 spiro atoms. The Balaban J connectivity index is 1.45. The van der Waals surface area contributed by atoms with Gasteiger partial charge in [-0.05, 0) is 42.5 Å². The summed E-state index contributed by atoms with van der Waals surface area (Å²) in [5.74, 6) is 0.298. The Bertz CT molecular complexity index is 1500. The number of methoxy groups -OCH3 is 1. The van der Waals surface area contributed by atoms with Crippen molar-refractivity contribution >= 4 is 21.6 Å². The molecular weight excluding hydrogens is 478 g/mol. The Labute approximate surface area is 198 Å². The van der Waals surface area contributed by atoms with Crippen molar-refractivity contribution in [2.45, 2.75) is 4.90 Å². The number of amides is 1. The van der Waals surface area contributed by atoms with E-state index in [1.807, 2.05) is 17.0 Å². The van der Waals surface area contributed by atoms with Gasteiger partial charge in [-0.25, -0.2) is 8.42 Å².